The molecule has 0 radical (unpaired) electrons. The highest BCUT2D eigenvalue weighted by molar-refractivity contribution is 8.01. The monoisotopic (exact) mass is 171 g/mol. The van der Waals surface area contributed by atoms with Crippen LogP contribution in [0.2, 0.25) is 0 Å². The molecule has 1 saturated heterocycles. The van der Waals surface area contributed by atoms with Gasteiger partial charge in [-0.3, -0.25) is 4.79 Å². The maximum atomic E-state index is 11.2. The van der Waals surface area contributed by atoms with E-state index in [-0.39, 0.29) is 4.87 Å². The molecule has 2 aliphatic rings. The lowest BCUT2D eigenvalue weighted by Gasteiger charge is -2.30. The molecular weight excluding hydrogens is 158 g/mol. The highest BCUT2D eigenvalue weighted by Gasteiger charge is 2.45. The minimum atomic E-state index is 0.219. The summed E-state index contributed by atoms with van der Waals surface area (Å²) >= 11 is 1.84. The quantitative estimate of drug-likeness (QED) is 0.550. The van der Waals surface area contributed by atoms with Crippen molar-refractivity contribution in [3.8, 4) is 0 Å². The molecule has 0 aromatic heterocycles. The molecule has 0 aromatic carbocycles. The van der Waals surface area contributed by atoms with Crippen LogP contribution in [0.3, 0.4) is 0 Å². The van der Waals surface area contributed by atoms with E-state index in [0.29, 0.717) is 11.7 Å². The van der Waals surface area contributed by atoms with Crippen LogP contribution in [0.4, 0.5) is 0 Å². The van der Waals surface area contributed by atoms with Crippen molar-refractivity contribution in [3.05, 3.63) is 0 Å². The first kappa shape index (κ1) is 7.47. The SMILES string of the molecule is CN1C(=O)CSC12CCCC2. The second-order valence-corrected chi connectivity index (χ2v) is 4.73. The molecular formula is C8H13NOS. The smallest absolute Gasteiger partial charge is 0.233 e. The van der Waals surface area contributed by atoms with Crippen molar-refractivity contribution in [2.75, 3.05) is 12.8 Å². The zero-order chi connectivity index (χ0) is 7.90. The van der Waals surface area contributed by atoms with E-state index in [4.69, 9.17) is 0 Å². The fourth-order valence-electron chi connectivity index (χ4n) is 2.02. The third kappa shape index (κ3) is 0.975. The average Bonchev–Trinajstić information content (AvgIpc) is 2.56. The van der Waals surface area contributed by atoms with Gasteiger partial charge < -0.3 is 4.90 Å². The largest absolute Gasteiger partial charge is 0.330 e. The fourth-order valence-corrected chi connectivity index (χ4v) is 3.48. The maximum absolute atomic E-state index is 11.2. The molecule has 1 aliphatic heterocycles. The van der Waals surface area contributed by atoms with Gasteiger partial charge in [0.25, 0.3) is 0 Å². The molecule has 1 amide bonds. The number of carbonyl (C=O) groups excluding carboxylic acids is 1. The van der Waals surface area contributed by atoms with Crippen molar-refractivity contribution in [2.45, 2.75) is 30.6 Å². The summed E-state index contributed by atoms with van der Waals surface area (Å²) in [6, 6.07) is 0. The topological polar surface area (TPSA) is 20.3 Å². The van der Waals surface area contributed by atoms with Gasteiger partial charge in [-0.15, -0.1) is 11.8 Å². The Balaban J connectivity index is 2.19. The van der Waals surface area contributed by atoms with Gasteiger partial charge in [0.1, 0.15) is 0 Å². The molecule has 0 unspecified atom stereocenters. The zero-order valence-corrected chi connectivity index (χ0v) is 7.62. The van der Waals surface area contributed by atoms with Crippen molar-refractivity contribution in [3.63, 3.8) is 0 Å². The lowest BCUT2D eigenvalue weighted by molar-refractivity contribution is -0.128. The van der Waals surface area contributed by atoms with Crippen LogP contribution in [0.25, 0.3) is 0 Å². The van der Waals surface area contributed by atoms with E-state index >= 15 is 0 Å². The Kier molecular flexibility index (Phi) is 1.63. The number of rotatable bonds is 0. The van der Waals surface area contributed by atoms with Crippen molar-refractivity contribution in [2.24, 2.45) is 0 Å². The van der Waals surface area contributed by atoms with Gasteiger partial charge in [-0.2, -0.15) is 0 Å². The van der Waals surface area contributed by atoms with E-state index < -0.39 is 0 Å². The van der Waals surface area contributed by atoms with Gasteiger partial charge in [-0.05, 0) is 12.8 Å². The van der Waals surface area contributed by atoms with E-state index in [1.807, 2.05) is 23.7 Å². The molecule has 2 fully saturated rings. The number of carbonyl (C=O) groups is 1. The van der Waals surface area contributed by atoms with Crippen molar-refractivity contribution < 1.29 is 4.79 Å². The second-order valence-electron chi connectivity index (χ2n) is 3.39. The van der Waals surface area contributed by atoms with Gasteiger partial charge in [0, 0.05) is 7.05 Å². The molecule has 62 valence electrons. The van der Waals surface area contributed by atoms with E-state index in [2.05, 4.69) is 0 Å². The number of amides is 1. The molecule has 0 atom stereocenters. The van der Waals surface area contributed by atoms with Crippen molar-refractivity contribution in [1.82, 2.24) is 4.90 Å². The lowest BCUT2D eigenvalue weighted by Crippen LogP contribution is -2.38. The van der Waals surface area contributed by atoms with Gasteiger partial charge in [0.05, 0.1) is 10.6 Å². The van der Waals surface area contributed by atoms with Gasteiger partial charge in [-0.1, -0.05) is 12.8 Å². The van der Waals surface area contributed by atoms with Gasteiger partial charge >= 0.3 is 0 Å². The van der Waals surface area contributed by atoms with Crippen LogP contribution in [-0.4, -0.2) is 28.5 Å². The molecule has 2 nitrogen and oxygen atoms in total. The third-order valence-electron chi connectivity index (χ3n) is 2.83. The van der Waals surface area contributed by atoms with Gasteiger partial charge in [0.2, 0.25) is 5.91 Å². The molecule has 0 N–H and O–H groups in total. The van der Waals surface area contributed by atoms with E-state index in [9.17, 15) is 4.79 Å². The van der Waals surface area contributed by atoms with E-state index in [1.54, 1.807) is 0 Å². The molecule has 0 bridgehead atoms. The predicted octanol–water partition coefficient (Wildman–Crippen LogP) is 1.46. The first-order valence-corrected chi connectivity index (χ1v) is 5.14. The summed E-state index contributed by atoms with van der Waals surface area (Å²) in [6.45, 7) is 0. The Morgan fingerprint density at radius 2 is 2.09 bits per heavy atom. The van der Waals surface area contributed by atoms with E-state index in [1.165, 1.54) is 25.7 Å². The van der Waals surface area contributed by atoms with Crippen LogP contribution in [0.5, 0.6) is 0 Å². The molecule has 2 rings (SSSR count). The zero-order valence-electron chi connectivity index (χ0n) is 6.80. The minimum absolute atomic E-state index is 0.219. The van der Waals surface area contributed by atoms with Crippen LogP contribution >= 0.6 is 11.8 Å². The van der Waals surface area contributed by atoms with Crippen LogP contribution in [-0.2, 0) is 4.79 Å². The van der Waals surface area contributed by atoms with Gasteiger partial charge in [0.15, 0.2) is 0 Å². The van der Waals surface area contributed by atoms with Crippen molar-refractivity contribution >= 4 is 17.7 Å². The Morgan fingerprint density at radius 1 is 1.45 bits per heavy atom. The molecule has 0 aromatic rings. The highest BCUT2D eigenvalue weighted by atomic mass is 32.2. The van der Waals surface area contributed by atoms with Crippen LogP contribution in [0.15, 0.2) is 0 Å². The summed E-state index contributed by atoms with van der Waals surface area (Å²) in [5, 5.41) is 0. The first-order chi connectivity index (χ1) is 5.25. The third-order valence-corrected chi connectivity index (χ3v) is 4.45. The van der Waals surface area contributed by atoms with Gasteiger partial charge in [-0.25, -0.2) is 0 Å². The summed E-state index contributed by atoms with van der Waals surface area (Å²) < 4.78 is 0. The maximum Gasteiger partial charge on any atom is 0.233 e. The molecule has 3 heteroatoms. The number of hydrogen-bond acceptors (Lipinski definition) is 2. The summed E-state index contributed by atoms with van der Waals surface area (Å²) in [5.41, 5.74) is 0. The van der Waals surface area contributed by atoms with Crippen LogP contribution < -0.4 is 0 Å². The molecule has 1 saturated carbocycles. The normalized spacial score (nSPS) is 28.8. The predicted molar refractivity (Wildman–Crippen MR) is 46.4 cm³/mol. The number of thioether (sulfide) groups is 1. The molecule has 1 aliphatic carbocycles. The molecule has 1 spiro atoms. The Labute approximate surface area is 71.3 Å². The number of nitrogens with zero attached hydrogens (tertiary/aromatic N) is 1. The standard InChI is InChI=1S/C8H13NOS/c1-9-7(10)6-11-8(9)4-2-3-5-8/h2-6H2,1H3. The average molecular weight is 171 g/mol. The molecule has 11 heavy (non-hydrogen) atoms. The minimum Gasteiger partial charge on any atom is -0.330 e. The lowest BCUT2D eigenvalue weighted by atomic mass is 10.2. The Hall–Kier alpha value is -0.180. The summed E-state index contributed by atoms with van der Waals surface area (Å²) in [7, 11) is 1.95. The highest BCUT2D eigenvalue weighted by Crippen LogP contribution is 2.47. The Morgan fingerprint density at radius 3 is 2.55 bits per heavy atom. The first-order valence-electron chi connectivity index (χ1n) is 4.15. The number of hydrogen-bond donors (Lipinski definition) is 0. The molecule has 1 heterocycles. The second kappa shape index (κ2) is 2.41. The van der Waals surface area contributed by atoms with Crippen LogP contribution in [0.1, 0.15) is 25.7 Å². The van der Waals surface area contributed by atoms with E-state index in [0.717, 1.165) is 0 Å². The Bertz CT molecular complexity index is 187. The fraction of sp³-hybridized carbons (Fsp3) is 0.875. The summed E-state index contributed by atoms with van der Waals surface area (Å²) in [4.78, 5) is 13.4. The summed E-state index contributed by atoms with van der Waals surface area (Å²) in [5.74, 6) is 1.02. The van der Waals surface area contributed by atoms with Crippen molar-refractivity contribution in [1.29, 1.82) is 0 Å². The summed E-state index contributed by atoms with van der Waals surface area (Å²) in [6.07, 6.45) is 5.01. The van der Waals surface area contributed by atoms with Crippen LogP contribution in [0, 0.1) is 0 Å².